The van der Waals surface area contributed by atoms with Gasteiger partial charge >= 0.3 is 5.97 Å². The van der Waals surface area contributed by atoms with Crippen LogP contribution >= 0.6 is 22.6 Å². The van der Waals surface area contributed by atoms with Crippen LogP contribution in [0.4, 0.5) is 4.39 Å². The molecule has 0 N–H and O–H groups in total. The Kier molecular flexibility index (Phi) is 3.95. The first kappa shape index (κ1) is 13.0. The third-order valence-electron chi connectivity index (χ3n) is 2.39. The van der Waals surface area contributed by atoms with Crippen LogP contribution in [0.25, 0.3) is 0 Å². The number of nitrogens with zero attached hydrogens (tertiary/aromatic N) is 2. The number of ether oxygens (including phenoxy) is 1. The Morgan fingerprint density at radius 3 is 2.89 bits per heavy atom. The molecule has 0 saturated heterocycles. The Bertz CT molecular complexity index is 583. The van der Waals surface area contributed by atoms with E-state index < -0.39 is 11.8 Å². The molecular formula is C12H10FIN2O2. The second kappa shape index (κ2) is 5.47. The van der Waals surface area contributed by atoms with Crippen LogP contribution in [0, 0.1) is 9.39 Å². The van der Waals surface area contributed by atoms with Crippen LogP contribution in [-0.2, 0) is 11.3 Å². The summed E-state index contributed by atoms with van der Waals surface area (Å²) in [5.41, 5.74) is 0.677. The lowest BCUT2D eigenvalue weighted by Gasteiger charge is -2.05. The highest BCUT2D eigenvalue weighted by Crippen LogP contribution is 2.13. The lowest BCUT2D eigenvalue weighted by Crippen LogP contribution is -2.06. The highest BCUT2D eigenvalue weighted by molar-refractivity contribution is 14.1. The molecule has 1 heterocycles. The Balaban J connectivity index is 2.21. The fraction of sp³-hybridized carbons (Fsp3) is 0.167. The number of carbonyl (C=O) groups excluding carboxylic acids is 1. The summed E-state index contributed by atoms with van der Waals surface area (Å²) in [5, 5.41) is 4.11. The molecule has 6 heteroatoms. The fourth-order valence-electron chi connectivity index (χ4n) is 1.54. The van der Waals surface area contributed by atoms with Crippen molar-refractivity contribution in [2.75, 3.05) is 7.11 Å². The lowest BCUT2D eigenvalue weighted by atomic mass is 10.1. The second-order valence-corrected chi connectivity index (χ2v) is 4.91. The van der Waals surface area contributed by atoms with Crippen molar-refractivity contribution >= 4 is 28.6 Å². The van der Waals surface area contributed by atoms with Crippen molar-refractivity contribution in [3.8, 4) is 0 Å². The van der Waals surface area contributed by atoms with Gasteiger partial charge < -0.3 is 4.74 Å². The Labute approximate surface area is 117 Å². The molecule has 0 unspecified atom stereocenters. The van der Waals surface area contributed by atoms with Crippen LogP contribution in [0.1, 0.15) is 15.9 Å². The maximum atomic E-state index is 13.7. The van der Waals surface area contributed by atoms with Crippen molar-refractivity contribution in [3.63, 3.8) is 0 Å². The molecule has 0 amide bonds. The zero-order chi connectivity index (χ0) is 13.1. The summed E-state index contributed by atoms with van der Waals surface area (Å²) < 4.78 is 20.9. The molecular weight excluding hydrogens is 350 g/mol. The van der Waals surface area contributed by atoms with E-state index in [1.165, 1.54) is 19.2 Å². The largest absolute Gasteiger partial charge is 0.465 e. The summed E-state index contributed by atoms with van der Waals surface area (Å²) in [6, 6.07) is 4.43. The van der Waals surface area contributed by atoms with Crippen molar-refractivity contribution < 1.29 is 13.9 Å². The topological polar surface area (TPSA) is 44.1 Å². The van der Waals surface area contributed by atoms with Crippen molar-refractivity contribution in [3.05, 3.63) is 51.1 Å². The molecule has 0 fully saturated rings. The number of rotatable bonds is 3. The van der Waals surface area contributed by atoms with Gasteiger partial charge in [-0.05, 0) is 40.3 Å². The molecule has 1 aromatic heterocycles. The van der Waals surface area contributed by atoms with Gasteiger partial charge in [0.15, 0.2) is 0 Å². The molecule has 0 saturated carbocycles. The quantitative estimate of drug-likeness (QED) is 0.624. The number of methoxy groups -OCH3 is 1. The zero-order valence-electron chi connectivity index (χ0n) is 9.56. The minimum Gasteiger partial charge on any atom is -0.465 e. The van der Waals surface area contributed by atoms with E-state index in [1.807, 2.05) is 6.20 Å². The summed E-state index contributed by atoms with van der Waals surface area (Å²) in [4.78, 5) is 11.2. The van der Waals surface area contributed by atoms with Gasteiger partial charge in [0.05, 0.1) is 29.0 Å². The molecule has 0 bridgehead atoms. The van der Waals surface area contributed by atoms with Gasteiger partial charge in [-0.25, -0.2) is 9.18 Å². The van der Waals surface area contributed by atoms with Crippen LogP contribution in [-0.4, -0.2) is 22.9 Å². The maximum absolute atomic E-state index is 13.7. The van der Waals surface area contributed by atoms with Crippen molar-refractivity contribution in [1.82, 2.24) is 9.78 Å². The van der Waals surface area contributed by atoms with E-state index in [1.54, 1.807) is 16.9 Å². The highest BCUT2D eigenvalue weighted by Gasteiger charge is 2.12. The van der Waals surface area contributed by atoms with Gasteiger partial charge in [-0.3, -0.25) is 4.68 Å². The van der Waals surface area contributed by atoms with Gasteiger partial charge in [0.1, 0.15) is 5.82 Å². The summed E-state index contributed by atoms with van der Waals surface area (Å²) in [5.74, 6) is -1.26. The van der Waals surface area contributed by atoms with Gasteiger partial charge in [-0.15, -0.1) is 0 Å². The normalized spacial score (nSPS) is 10.4. The third-order valence-corrected chi connectivity index (χ3v) is 2.94. The third kappa shape index (κ3) is 2.87. The average molecular weight is 360 g/mol. The number of hydrogen-bond donors (Lipinski definition) is 0. The van der Waals surface area contributed by atoms with Gasteiger partial charge in [-0.1, -0.05) is 6.07 Å². The molecule has 1 aromatic carbocycles. The summed E-state index contributed by atoms with van der Waals surface area (Å²) >= 11 is 2.15. The summed E-state index contributed by atoms with van der Waals surface area (Å²) in [6.45, 7) is 0.460. The predicted octanol–water partition coefficient (Wildman–Crippen LogP) is 2.46. The molecule has 2 aromatic rings. The molecule has 0 aliphatic rings. The first-order valence-electron chi connectivity index (χ1n) is 5.15. The van der Waals surface area contributed by atoms with E-state index in [4.69, 9.17) is 0 Å². The van der Waals surface area contributed by atoms with Crippen LogP contribution < -0.4 is 0 Å². The molecule has 0 aliphatic carbocycles. The molecule has 94 valence electrons. The van der Waals surface area contributed by atoms with Crippen LogP contribution in [0.3, 0.4) is 0 Å². The highest BCUT2D eigenvalue weighted by atomic mass is 127. The SMILES string of the molecule is COC(=O)c1ccc(Cn2cc(I)cn2)cc1F. The van der Waals surface area contributed by atoms with E-state index >= 15 is 0 Å². The Morgan fingerprint density at radius 1 is 1.56 bits per heavy atom. The first-order valence-corrected chi connectivity index (χ1v) is 6.22. The van der Waals surface area contributed by atoms with E-state index in [-0.39, 0.29) is 5.56 Å². The number of benzene rings is 1. The van der Waals surface area contributed by atoms with E-state index in [2.05, 4.69) is 32.4 Å². The number of halogens is 2. The van der Waals surface area contributed by atoms with Crippen LogP contribution in [0.2, 0.25) is 0 Å². The number of esters is 1. The molecule has 18 heavy (non-hydrogen) atoms. The van der Waals surface area contributed by atoms with Crippen molar-refractivity contribution in [1.29, 1.82) is 0 Å². The monoisotopic (exact) mass is 360 g/mol. The lowest BCUT2D eigenvalue weighted by molar-refractivity contribution is 0.0595. The van der Waals surface area contributed by atoms with Gasteiger partial charge in [0.2, 0.25) is 0 Å². The molecule has 2 rings (SSSR count). The number of hydrogen-bond acceptors (Lipinski definition) is 3. The van der Waals surface area contributed by atoms with Crippen LogP contribution in [0.15, 0.2) is 30.6 Å². The minimum atomic E-state index is -0.673. The average Bonchev–Trinajstić information content (AvgIpc) is 2.74. The molecule has 0 spiro atoms. The Morgan fingerprint density at radius 2 is 2.33 bits per heavy atom. The first-order chi connectivity index (χ1) is 8.60. The summed E-state index contributed by atoms with van der Waals surface area (Å²) in [6.07, 6.45) is 3.58. The van der Waals surface area contributed by atoms with Crippen LogP contribution in [0.5, 0.6) is 0 Å². The Hall–Kier alpha value is -1.44. The minimum absolute atomic E-state index is 0.0590. The molecule has 4 nitrogen and oxygen atoms in total. The van der Waals surface area contributed by atoms with E-state index in [9.17, 15) is 9.18 Å². The van der Waals surface area contributed by atoms with Crippen molar-refractivity contribution in [2.45, 2.75) is 6.54 Å². The standard InChI is InChI=1S/C12H10FIN2O2/c1-18-12(17)10-3-2-8(4-11(10)13)6-16-7-9(14)5-15-16/h2-5,7H,6H2,1H3. The van der Waals surface area contributed by atoms with E-state index in [0.29, 0.717) is 6.54 Å². The zero-order valence-corrected chi connectivity index (χ0v) is 11.7. The number of carbonyl (C=O) groups is 1. The smallest absolute Gasteiger partial charge is 0.340 e. The predicted molar refractivity (Wildman–Crippen MR) is 71.8 cm³/mol. The maximum Gasteiger partial charge on any atom is 0.340 e. The molecule has 0 atom stereocenters. The van der Waals surface area contributed by atoms with Crippen molar-refractivity contribution in [2.24, 2.45) is 0 Å². The van der Waals surface area contributed by atoms with Gasteiger partial charge in [0.25, 0.3) is 0 Å². The molecule has 0 radical (unpaired) electrons. The fourth-order valence-corrected chi connectivity index (χ4v) is 1.99. The van der Waals surface area contributed by atoms with Gasteiger partial charge in [0, 0.05) is 6.20 Å². The second-order valence-electron chi connectivity index (χ2n) is 3.66. The van der Waals surface area contributed by atoms with E-state index in [0.717, 1.165) is 9.13 Å². The number of aromatic nitrogens is 2. The van der Waals surface area contributed by atoms with Gasteiger partial charge in [-0.2, -0.15) is 5.10 Å². The molecule has 0 aliphatic heterocycles. The summed E-state index contributed by atoms with van der Waals surface area (Å²) in [7, 11) is 1.22.